The fourth-order valence-corrected chi connectivity index (χ4v) is 3.51. The summed E-state index contributed by atoms with van der Waals surface area (Å²) in [5, 5.41) is 7.51. The highest BCUT2D eigenvalue weighted by molar-refractivity contribution is 5.89. The normalized spacial score (nSPS) is 13.9. The van der Waals surface area contributed by atoms with Crippen LogP contribution in [0.15, 0.2) is 65.5 Å². The molecule has 30 heavy (non-hydrogen) atoms. The number of nitrogens with one attached hydrogen (secondary N) is 1. The first kappa shape index (κ1) is 19.7. The summed E-state index contributed by atoms with van der Waals surface area (Å²) in [6.45, 7) is 6.48. The Morgan fingerprint density at radius 3 is 2.33 bits per heavy atom. The molecule has 0 unspecified atom stereocenters. The smallest absolute Gasteiger partial charge is 0.321 e. The number of hydrogen-bond donors (Lipinski definition) is 1. The van der Waals surface area contributed by atoms with Gasteiger partial charge in [-0.1, -0.05) is 29.8 Å². The molecular formula is C23H25N5O2. The van der Waals surface area contributed by atoms with Gasteiger partial charge in [-0.2, -0.15) is 4.68 Å². The van der Waals surface area contributed by atoms with Gasteiger partial charge in [0.2, 0.25) is 0 Å². The molecule has 7 nitrogen and oxygen atoms in total. The lowest BCUT2D eigenvalue weighted by Crippen LogP contribution is -2.50. The Morgan fingerprint density at radius 2 is 1.63 bits per heavy atom. The van der Waals surface area contributed by atoms with Gasteiger partial charge in [0.1, 0.15) is 5.82 Å². The molecular weight excluding hydrogens is 378 g/mol. The van der Waals surface area contributed by atoms with Crippen LogP contribution in [0.2, 0.25) is 0 Å². The zero-order chi connectivity index (χ0) is 21.1. The van der Waals surface area contributed by atoms with E-state index in [0.29, 0.717) is 26.2 Å². The molecule has 0 atom stereocenters. The second kappa shape index (κ2) is 8.41. The molecule has 1 saturated heterocycles. The van der Waals surface area contributed by atoms with Crippen molar-refractivity contribution < 1.29 is 4.79 Å². The molecule has 0 spiro atoms. The molecule has 0 radical (unpaired) electrons. The lowest BCUT2D eigenvalue weighted by Gasteiger charge is -2.35. The molecule has 2 heterocycles. The third kappa shape index (κ3) is 4.35. The van der Waals surface area contributed by atoms with Gasteiger partial charge in [-0.15, -0.1) is 5.10 Å². The molecule has 2 amide bonds. The van der Waals surface area contributed by atoms with Crippen molar-refractivity contribution in [1.82, 2.24) is 14.7 Å². The predicted molar refractivity (Wildman–Crippen MR) is 119 cm³/mol. The first-order valence-electron chi connectivity index (χ1n) is 10.0. The molecule has 7 heteroatoms. The minimum absolute atomic E-state index is 0.0992. The van der Waals surface area contributed by atoms with E-state index in [0.717, 1.165) is 28.3 Å². The van der Waals surface area contributed by atoms with Crippen molar-refractivity contribution >= 4 is 17.5 Å². The van der Waals surface area contributed by atoms with Gasteiger partial charge < -0.3 is 15.1 Å². The minimum Gasteiger partial charge on any atom is -0.352 e. The summed E-state index contributed by atoms with van der Waals surface area (Å²) >= 11 is 0. The Labute approximate surface area is 175 Å². The fraction of sp³-hybridized carbons (Fsp3) is 0.261. The molecule has 0 aliphatic carbocycles. The molecule has 1 fully saturated rings. The van der Waals surface area contributed by atoms with E-state index >= 15 is 0 Å². The summed E-state index contributed by atoms with van der Waals surface area (Å²) < 4.78 is 1.42. The third-order valence-electron chi connectivity index (χ3n) is 5.22. The predicted octanol–water partition coefficient (Wildman–Crippen LogP) is 3.20. The molecule has 0 bridgehead atoms. The van der Waals surface area contributed by atoms with Crippen LogP contribution in [0, 0.1) is 13.8 Å². The van der Waals surface area contributed by atoms with Crippen molar-refractivity contribution in [2.45, 2.75) is 13.8 Å². The molecule has 2 aromatic carbocycles. The summed E-state index contributed by atoms with van der Waals surface area (Å²) in [7, 11) is 0. The number of benzene rings is 2. The number of anilines is 2. The number of urea groups is 1. The van der Waals surface area contributed by atoms with Crippen molar-refractivity contribution in [3.05, 3.63) is 82.1 Å². The Morgan fingerprint density at radius 1 is 0.900 bits per heavy atom. The number of hydrogen-bond acceptors (Lipinski definition) is 4. The van der Waals surface area contributed by atoms with Crippen LogP contribution in [0.4, 0.5) is 16.3 Å². The van der Waals surface area contributed by atoms with Crippen molar-refractivity contribution in [2.75, 3.05) is 36.4 Å². The van der Waals surface area contributed by atoms with Gasteiger partial charge in [0.15, 0.2) is 0 Å². The average molecular weight is 403 g/mol. The second-order valence-corrected chi connectivity index (χ2v) is 7.55. The number of nitrogens with zero attached hydrogens (tertiary/aromatic N) is 4. The number of aryl methyl sites for hydroxylation is 2. The summed E-state index contributed by atoms with van der Waals surface area (Å²) in [4.78, 5) is 28.8. The summed E-state index contributed by atoms with van der Waals surface area (Å²) in [6.07, 6.45) is 0. The number of amides is 2. The fourth-order valence-electron chi connectivity index (χ4n) is 3.51. The van der Waals surface area contributed by atoms with Gasteiger partial charge >= 0.3 is 6.03 Å². The van der Waals surface area contributed by atoms with E-state index in [-0.39, 0.29) is 11.6 Å². The number of rotatable bonds is 3. The zero-order valence-electron chi connectivity index (χ0n) is 17.2. The highest BCUT2D eigenvalue weighted by Crippen LogP contribution is 2.15. The maximum Gasteiger partial charge on any atom is 0.321 e. The lowest BCUT2D eigenvalue weighted by molar-refractivity contribution is 0.208. The van der Waals surface area contributed by atoms with Crippen LogP contribution in [0.1, 0.15) is 11.1 Å². The van der Waals surface area contributed by atoms with Gasteiger partial charge in [0.25, 0.3) is 5.56 Å². The van der Waals surface area contributed by atoms with Crippen LogP contribution in [0.3, 0.4) is 0 Å². The SMILES string of the molecule is Cc1ccc(-n2nc(N3CCN(C(=O)Nc4cccc(C)c4)CC3)ccc2=O)cc1. The van der Waals surface area contributed by atoms with Crippen molar-refractivity contribution in [2.24, 2.45) is 0 Å². The Hall–Kier alpha value is -3.61. The minimum atomic E-state index is -0.168. The van der Waals surface area contributed by atoms with Crippen LogP contribution in [-0.2, 0) is 0 Å². The number of aromatic nitrogens is 2. The highest BCUT2D eigenvalue weighted by Gasteiger charge is 2.22. The third-order valence-corrected chi connectivity index (χ3v) is 5.22. The van der Waals surface area contributed by atoms with Crippen LogP contribution in [0.25, 0.3) is 5.69 Å². The van der Waals surface area contributed by atoms with Crippen LogP contribution < -0.4 is 15.8 Å². The van der Waals surface area contributed by atoms with Crippen LogP contribution in [-0.4, -0.2) is 46.9 Å². The first-order valence-corrected chi connectivity index (χ1v) is 10.0. The number of carbonyl (C=O) groups is 1. The van der Waals surface area contributed by atoms with E-state index < -0.39 is 0 Å². The quantitative estimate of drug-likeness (QED) is 0.729. The van der Waals surface area contributed by atoms with E-state index in [1.807, 2.05) is 62.4 Å². The Kier molecular flexibility index (Phi) is 5.52. The molecule has 1 N–H and O–H groups in total. The van der Waals surface area contributed by atoms with E-state index in [1.165, 1.54) is 4.68 Å². The van der Waals surface area contributed by atoms with E-state index in [4.69, 9.17) is 0 Å². The molecule has 1 aromatic heterocycles. The van der Waals surface area contributed by atoms with Crippen molar-refractivity contribution in [1.29, 1.82) is 0 Å². The molecule has 1 aliphatic rings. The van der Waals surface area contributed by atoms with Gasteiger partial charge in [0, 0.05) is 37.9 Å². The summed E-state index contributed by atoms with van der Waals surface area (Å²) in [5.74, 6) is 0.730. The van der Waals surface area contributed by atoms with Gasteiger partial charge in [0.05, 0.1) is 5.69 Å². The molecule has 0 saturated carbocycles. The van der Waals surface area contributed by atoms with E-state index in [1.54, 1.807) is 17.0 Å². The van der Waals surface area contributed by atoms with Gasteiger partial charge in [-0.3, -0.25) is 4.79 Å². The second-order valence-electron chi connectivity index (χ2n) is 7.55. The van der Waals surface area contributed by atoms with Gasteiger partial charge in [-0.25, -0.2) is 4.79 Å². The molecule has 3 aromatic rings. The first-order chi connectivity index (χ1) is 14.5. The van der Waals surface area contributed by atoms with Crippen molar-refractivity contribution in [3.8, 4) is 5.69 Å². The molecule has 1 aliphatic heterocycles. The average Bonchev–Trinajstić information content (AvgIpc) is 2.75. The van der Waals surface area contributed by atoms with Crippen LogP contribution >= 0.6 is 0 Å². The Bertz CT molecular complexity index is 1100. The maximum absolute atomic E-state index is 12.6. The van der Waals surface area contributed by atoms with E-state index in [2.05, 4.69) is 15.3 Å². The van der Waals surface area contributed by atoms with Crippen LogP contribution in [0.5, 0.6) is 0 Å². The molecule has 4 rings (SSSR count). The monoisotopic (exact) mass is 403 g/mol. The zero-order valence-corrected chi connectivity index (χ0v) is 17.2. The topological polar surface area (TPSA) is 70.5 Å². The highest BCUT2D eigenvalue weighted by atomic mass is 16.2. The van der Waals surface area contributed by atoms with E-state index in [9.17, 15) is 9.59 Å². The Balaban J connectivity index is 1.43. The maximum atomic E-state index is 12.6. The van der Waals surface area contributed by atoms with Gasteiger partial charge in [-0.05, 0) is 49.7 Å². The standard InChI is InChI=1S/C23H25N5O2/c1-17-6-8-20(9-7-17)28-22(29)11-10-21(25-28)26-12-14-27(15-13-26)23(30)24-19-5-3-4-18(2)16-19/h3-11,16H,12-15H2,1-2H3,(H,24,30). The summed E-state index contributed by atoms with van der Waals surface area (Å²) in [5.41, 5.74) is 3.60. The number of piperazine rings is 1. The summed E-state index contributed by atoms with van der Waals surface area (Å²) in [6, 6.07) is 18.7. The van der Waals surface area contributed by atoms with Crippen molar-refractivity contribution in [3.63, 3.8) is 0 Å². The lowest BCUT2D eigenvalue weighted by atomic mass is 10.2. The largest absolute Gasteiger partial charge is 0.352 e. The molecule has 154 valence electrons. The number of carbonyl (C=O) groups excluding carboxylic acids is 1.